The number of aromatic nitrogens is 1. The lowest BCUT2D eigenvalue weighted by Gasteiger charge is -2.12. The quantitative estimate of drug-likeness (QED) is 0.871. The fraction of sp³-hybridized carbons (Fsp3) is 0.353. The van der Waals surface area contributed by atoms with Gasteiger partial charge in [0.2, 0.25) is 5.88 Å². The van der Waals surface area contributed by atoms with Crippen LogP contribution in [0, 0.1) is 6.92 Å². The molecule has 0 amide bonds. The maximum absolute atomic E-state index is 6.22. The molecule has 0 atom stereocenters. The lowest BCUT2D eigenvalue weighted by molar-refractivity contribution is 0.462. The van der Waals surface area contributed by atoms with E-state index in [2.05, 4.69) is 37.1 Å². The molecule has 3 nitrogen and oxygen atoms in total. The van der Waals surface area contributed by atoms with E-state index >= 15 is 0 Å². The molecule has 4 heteroatoms. The Hall–Kier alpha value is -1.58. The maximum Gasteiger partial charge on any atom is 0.238 e. The zero-order valence-corrected chi connectivity index (χ0v) is 13.7. The molecule has 0 unspecified atom stereocenters. The number of hydrogen-bond acceptors (Lipinski definition) is 3. The highest BCUT2D eigenvalue weighted by molar-refractivity contribution is 6.31. The molecule has 0 aliphatic heterocycles. The van der Waals surface area contributed by atoms with Gasteiger partial charge in [-0.3, -0.25) is 0 Å². The molecule has 112 valence electrons. The van der Waals surface area contributed by atoms with Crippen molar-refractivity contribution in [2.75, 3.05) is 7.05 Å². The van der Waals surface area contributed by atoms with Gasteiger partial charge in [0.1, 0.15) is 10.8 Å². The number of ether oxygens (including phenoxy) is 1. The first-order valence-electron chi connectivity index (χ1n) is 7.08. The van der Waals surface area contributed by atoms with Crippen molar-refractivity contribution in [1.29, 1.82) is 0 Å². The number of halogens is 1. The van der Waals surface area contributed by atoms with Crippen LogP contribution in [0.15, 0.2) is 30.5 Å². The third-order valence-corrected chi connectivity index (χ3v) is 3.59. The fourth-order valence-corrected chi connectivity index (χ4v) is 2.54. The summed E-state index contributed by atoms with van der Waals surface area (Å²) in [5, 5.41) is 3.59. The number of nitrogens with one attached hydrogen (secondary N) is 1. The van der Waals surface area contributed by atoms with Gasteiger partial charge in [-0.25, -0.2) is 4.98 Å². The fourth-order valence-electron chi connectivity index (χ4n) is 2.31. The van der Waals surface area contributed by atoms with Crippen LogP contribution in [0.2, 0.25) is 5.02 Å². The van der Waals surface area contributed by atoms with Gasteiger partial charge in [-0.2, -0.15) is 0 Å². The van der Waals surface area contributed by atoms with Crippen LogP contribution < -0.4 is 10.1 Å². The van der Waals surface area contributed by atoms with E-state index in [-0.39, 0.29) is 0 Å². The Bertz CT molecular complexity index is 626. The zero-order chi connectivity index (χ0) is 15.4. The molecular weight excluding hydrogens is 284 g/mol. The summed E-state index contributed by atoms with van der Waals surface area (Å²) in [6.07, 6.45) is 1.77. The van der Waals surface area contributed by atoms with E-state index in [4.69, 9.17) is 16.3 Å². The van der Waals surface area contributed by atoms with Gasteiger partial charge in [-0.15, -0.1) is 0 Å². The van der Waals surface area contributed by atoms with Gasteiger partial charge in [0, 0.05) is 12.7 Å². The topological polar surface area (TPSA) is 34.2 Å². The monoisotopic (exact) mass is 304 g/mol. The summed E-state index contributed by atoms with van der Waals surface area (Å²) in [5.74, 6) is 1.70. The van der Waals surface area contributed by atoms with Crippen LogP contribution in [-0.2, 0) is 6.54 Å². The van der Waals surface area contributed by atoms with Crippen LogP contribution in [-0.4, -0.2) is 12.0 Å². The Morgan fingerprint density at radius 3 is 2.62 bits per heavy atom. The average Bonchev–Trinajstić information content (AvgIpc) is 2.42. The molecule has 1 heterocycles. The largest absolute Gasteiger partial charge is 0.438 e. The van der Waals surface area contributed by atoms with Gasteiger partial charge in [-0.05, 0) is 54.8 Å². The Labute approximate surface area is 131 Å². The van der Waals surface area contributed by atoms with Crippen molar-refractivity contribution < 1.29 is 4.74 Å². The van der Waals surface area contributed by atoms with E-state index in [1.54, 1.807) is 6.20 Å². The van der Waals surface area contributed by atoms with Gasteiger partial charge >= 0.3 is 0 Å². The van der Waals surface area contributed by atoms with Crippen molar-refractivity contribution in [3.8, 4) is 11.6 Å². The van der Waals surface area contributed by atoms with E-state index < -0.39 is 0 Å². The molecule has 0 saturated heterocycles. The molecule has 0 radical (unpaired) electrons. The van der Waals surface area contributed by atoms with Crippen molar-refractivity contribution in [2.24, 2.45) is 0 Å². The molecule has 0 fully saturated rings. The first-order valence-corrected chi connectivity index (χ1v) is 7.46. The minimum atomic E-state index is 0.438. The Balaban J connectivity index is 2.20. The highest BCUT2D eigenvalue weighted by Gasteiger charge is 2.09. The van der Waals surface area contributed by atoms with Gasteiger partial charge in [0.05, 0.1) is 0 Å². The van der Waals surface area contributed by atoms with E-state index in [0.717, 1.165) is 17.9 Å². The van der Waals surface area contributed by atoms with E-state index in [9.17, 15) is 0 Å². The van der Waals surface area contributed by atoms with Gasteiger partial charge in [-0.1, -0.05) is 31.5 Å². The first kappa shape index (κ1) is 15.8. The number of nitrogens with zero attached hydrogens (tertiary/aromatic N) is 1. The van der Waals surface area contributed by atoms with Crippen molar-refractivity contribution in [2.45, 2.75) is 33.2 Å². The smallest absolute Gasteiger partial charge is 0.238 e. The number of hydrogen-bond donors (Lipinski definition) is 1. The van der Waals surface area contributed by atoms with Crippen LogP contribution in [0.4, 0.5) is 0 Å². The minimum Gasteiger partial charge on any atom is -0.438 e. The lowest BCUT2D eigenvalue weighted by Crippen LogP contribution is -2.05. The summed E-state index contributed by atoms with van der Waals surface area (Å²) in [7, 11) is 1.89. The van der Waals surface area contributed by atoms with Gasteiger partial charge in [0.25, 0.3) is 0 Å². The molecular formula is C17H21ClN2O. The molecule has 1 aromatic heterocycles. The SMILES string of the molecule is CNCc1cnc(Oc2ccc(C(C)C)c(C)c2)c(Cl)c1. The standard InChI is InChI=1S/C17H21ClN2O/c1-11(2)15-6-5-14(7-12(15)3)21-17-16(18)8-13(9-19-4)10-20-17/h5-8,10-11,19H,9H2,1-4H3. The van der Waals surface area contributed by atoms with Gasteiger partial charge < -0.3 is 10.1 Å². The third-order valence-electron chi connectivity index (χ3n) is 3.32. The summed E-state index contributed by atoms with van der Waals surface area (Å²) < 4.78 is 5.79. The highest BCUT2D eigenvalue weighted by atomic mass is 35.5. The molecule has 2 rings (SSSR count). The van der Waals surface area contributed by atoms with Crippen LogP contribution >= 0.6 is 11.6 Å². The molecule has 1 aromatic carbocycles. The Morgan fingerprint density at radius 1 is 1.29 bits per heavy atom. The minimum absolute atomic E-state index is 0.438. The summed E-state index contributed by atoms with van der Waals surface area (Å²) in [5.41, 5.74) is 3.57. The van der Waals surface area contributed by atoms with E-state index in [0.29, 0.717) is 16.8 Å². The Morgan fingerprint density at radius 2 is 2.05 bits per heavy atom. The molecule has 0 aliphatic rings. The van der Waals surface area contributed by atoms with Gasteiger partial charge in [0.15, 0.2) is 0 Å². The van der Waals surface area contributed by atoms with Crippen molar-refractivity contribution in [3.05, 3.63) is 52.2 Å². The van der Waals surface area contributed by atoms with E-state index in [1.807, 2.05) is 25.2 Å². The van der Waals surface area contributed by atoms with Crippen LogP contribution in [0.3, 0.4) is 0 Å². The van der Waals surface area contributed by atoms with Crippen LogP contribution in [0.5, 0.6) is 11.6 Å². The first-order chi connectivity index (χ1) is 10.0. The lowest BCUT2D eigenvalue weighted by atomic mass is 9.98. The zero-order valence-electron chi connectivity index (χ0n) is 12.9. The highest BCUT2D eigenvalue weighted by Crippen LogP contribution is 2.30. The molecule has 21 heavy (non-hydrogen) atoms. The molecule has 1 N–H and O–H groups in total. The van der Waals surface area contributed by atoms with Crippen molar-refractivity contribution in [3.63, 3.8) is 0 Å². The predicted octanol–water partition coefficient (Wildman–Crippen LogP) is 4.68. The number of pyridine rings is 1. The van der Waals surface area contributed by atoms with Crippen LogP contribution in [0.25, 0.3) is 0 Å². The molecule has 0 bridgehead atoms. The summed E-state index contributed by atoms with van der Waals surface area (Å²) in [4.78, 5) is 4.29. The molecule has 2 aromatic rings. The second kappa shape index (κ2) is 6.92. The second-order valence-corrected chi connectivity index (χ2v) is 5.84. The summed E-state index contributed by atoms with van der Waals surface area (Å²) >= 11 is 6.22. The molecule has 0 saturated carbocycles. The van der Waals surface area contributed by atoms with Crippen LogP contribution in [0.1, 0.15) is 36.5 Å². The average molecular weight is 305 g/mol. The van der Waals surface area contributed by atoms with Crippen molar-refractivity contribution in [1.82, 2.24) is 10.3 Å². The second-order valence-electron chi connectivity index (χ2n) is 5.44. The molecule has 0 spiro atoms. The third kappa shape index (κ3) is 3.96. The Kier molecular flexibility index (Phi) is 5.21. The van der Waals surface area contributed by atoms with Crippen molar-refractivity contribution >= 4 is 11.6 Å². The predicted molar refractivity (Wildman–Crippen MR) is 87.4 cm³/mol. The normalized spacial score (nSPS) is 11.0. The number of benzene rings is 1. The summed E-state index contributed by atoms with van der Waals surface area (Å²) in [6.45, 7) is 7.19. The maximum atomic E-state index is 6.22. The summed E-state index contributed by atoms with van der Waals surface area (Å²) in [6, 6.07) is 7.95. The number of aryl methyl sites for hydroxylation is 1. The van der Waals surface area contributed by atoms with E-state index in [1.165, 1.54) is 11.1 Å². The molecule has 0 aliphatic carbocycles. The number of rotatable bonds is 5.